The Hall–Kier alpha value is -1.67. The van der Waals surface area contributed by atoms with Gasteiger partial charge in [0.1, 0.15) is 0 Å². The number of methoxy groups -OCH3 is 1. The molecule has 1 aliphatic heterocycles. The maximum absolute atomic E-state index is 13.8. The molecule has 0 saturated carbocycles. The molecule has 1 aromatic carbocycles. The highest BCUT2D eigenvalue weighted by molar-refractivity contribution is 7.88. The van der Waals surface area contributed by atoms with Crippen LogP contribution in [-0.2, 0) is 10.0 Å². The van der Waals surface area contributed by atoms with Crippen LogP contribution in [0.15, 0.2) is 18.2 Å². The molecular weight excluding hydrogens is 323 g/mol. The van der Waals surface area contributed by atoms with Crippen molar-refractivity contribution in [3.05, 3.63) is 29.6 Å². The summed E-state index contributed by atoms with van der Waals surface area (Å²) in [5, 5.41) is 0. The van der Waals surface area contributed by atoms with E-state index in [1.807, 2.05) is 0 Å². The van der Waals surface area contributed by atoms with E-state index in [1.165, 1.54) is 19.2 Å². The van der Waals surface area contributed by atoms with E-state index in [9.17, 15) is 17.6 Å². The van der Waals surface area contributed by atoms with Crippen LogP contribution in [0, 0.1) is 5.82 Å². The Morgan fingerprint density at radius 2 is 2.17 bits per heavy atom. The van der Waals surface area contributed by atoms with Crippen LogP contribution in [-0.4, -0.2) is 51.7 Å². The number of halogens is 1. The molecule has 128 valence electrons. The van der Waals surface area contributed by atoms with Gasteiger partial charge in [0.15, 0.2) is 11.6 Å². The molecule has 0 aliphatic carbocycles. The maximum atomic E-state index is 13.8. The van der Waals surface area contributed by atoms with Gasteiger partial charge in [-0.15, -0.1) is 0 Å². The Labute approximate surface area is 135 Å². The fraction of sp³-hybridized carbons (Fsp3) is 0.533. The van der Waals surface area contributed by atoms with Crippen molar-refractivity contribution in [1.29, 1.82) is 0 Å². The molecule has 23 heavy (non-hydrogen) atoms. The van der Waals surface area contributed by atoms with Crippen molar-refractivity contribution < 1.29 is 22.3 Å². The first-order valence-electron chi connectivity index (χ1n) is 7.41. The van der Waals surface area contributed by atoms with E-state index in [0.717, 1.165) is 25.2 Å². The zero-order chi connectivity index (χ0) is 17.0. The minimum atomic E-state index is -3.32. The first kappa shape index (κ1) is 17.7. The summed E-state index contributed by atoms with van der Waals surface area (Å²) in [6.45, 7) is 0.700. The van der Waals surface area contributed by atoms with Gasteiger partial charge < -0.3 is 9.64 Å². The molecule has 1 atom stereocenters. The third kappa shape index (κ3) is 4.65. The molecule has 0 bridgehead atoms. The minimum Gasteiger partial charge on any atom is -0.494 e. The van der Waals surface area contributed by atoms with E-state index in [0.29, 0.717) is 13.0 Å². The lowest BCUT2D eigenvalue weighted by Crippen LogP contribution is -2.49. The van der Waals surface area contributed by atoms with Crippen LogP contribution in [0.2, 0.25) is 0 Å². The molecule has 1 aliphatic rings. The topological polar surface area (TPSA) is 75.7 Å². The van der Waals surface area contributed by atoms with Crippen molar-refractivity contribution in [2.75, 3.05) is 26.5 Å². The zero-order valence-electron chi connectivity index (χ0n) is 13.2. The van der Waals surface area contributed by atoms with Crippen molar-refractivity contribution in [2.24, 2.45) is 0 Å². The number of nitrogens with one attached hydrogen (secondary N) is 1. The fourth-order valence-corrected chi connectivity index (χ4v) is 3.19. The summed E-state index contributed by atoms with van der Waals surface area (Å²) in [7, 11) is -1.96. The number of benzene rings is 1. The van der Waals surface area contributed by atoms with E-state index < -0.39 is 15.8 Å². The number of ether oxygens (including phenoxy) is 1. The number of amides is 1. The lowest BCUT2D eigenvalue weighted by molar-refractivity contribution is 0.0618. The number of nitrogens with zero attached hydrogens (tertiary/aromatic N) is 1. The predicted octanol–water partition coefficient (Wildman–Crippen LogP) is 1.38. The molecule has 0 aromatic heterocycles. The minimum absolute atomic E-state index is 0.0792. The third-order valence-corrected chi connectivity index (χ3v) is 4.56. The Morgan fingerprint density at radius 3 is 2.78 bits per heavy atom. The van der Waals surface area contributed by atoms with Crippen molar-refractivity contribution >= 4 is 15.9 Å². The van der Waals surface area contributed by atoms with Gasteiger partial charge in [-0.25, -0.2) is 17.5 Å². The van der Waals surface area contributed by atoms with Crippen LogP contribution in [0.5, 0.6) is 5.75 Å². The highest BCUT2D eigenvalue weighted by atomic mass is 32.2. The van der Waals surface area contributed by atoms with Gasteiger partial charge in [0.05, 0.1) is 13.4 Å². The Morgan fingerprint density at radius 1 is 1.43 bits per heavy atom. The van der Waals surface area contributed by atoms with Crippen molar-refractivity contribution in [3.8, 4) is 5.75 Å². The molecule has 1 amide bonds. The average Bonchev–Trinajstić information content (AvgIpc) is 2.51. The number of hydrogen-bond donors (Lipinski definition) is 1. The highest BCUT2D eigenvalue weighted by Crippen LogP contribution is 2.22. The molecule has 0 unspecified atom stereocenters. The summed E-state index contributed by atoms with van der Waals surface area (Å²) in [6.07, 6.45) is 3.57. The predicted molar refractivity (Wildman–Crippen MR) is 84.5 cm³/mol. The fourth-order valence-electron chi connectivity index (χ4n) is 2.69. The Bertz CT molecular complexity index is 678. The maximum Gasteiger partial charge on any atom is 0.254 e. The zero-order valence-corrected chi connectivity index (χ0v) is 14.0. The number of piperidine rings is 1. The Kier molecular flexibility index (Phi) is 5.59. The largest absolute Gasteiger partial charge is 0.494 e. The summed E-state index contributed by atoms with van der Waals surface area (Å²) in [5.41, 5.74) is 0.231. The molecule has 1 N–H and O–H groups in total. The molecule has 1 fully saturated rings. The van der Waals surface area contributed by atoms with Crippen molar-refractivity contribution in [3.63, 3.8) is 0 Å². The number of sulfonamides is 1. The quantitative estimate of drug-likeness (QED) is 0.875. The molecule has 1 saturated heterocycles. The summed E-state index contributed by atoms with van der Waals surface area (Å²) in [6, 6.07) is 3.85. The van der Waals surface area contributed by atoms with Crippen LogP contribution in [0.3, 0.4) is 0 Å². The van der Waals surface area contributed by atoms with Gasteiger partial charge in [0.2, 0.25) is 10.0 Å². The van der Waals surface area contributed by atoms with Crippen LogP contribution in [0.1, 0.15) is 29.6 Å². The number of likely N-dealkylation sites (tertiary alicyclic amines) is 1. The SMILES string of the molecule is COc1ccc(C(=O)N2CCCC[C@@H]2CNS(C)(=O)=O)cc1F. The molecule has 0 spiro atoms. The van der Waals surface area contributed by atoms with Gasteiger partial charge in [0, 0.05) is 24.7 Å². The number of carbonyl (C=O) groups excluding carboxylic acids is 1. The number of rotatable bonds is 5. The third-order valence-electron chi connectivity index (χ3n) is 3.87. The second kappa shape index (κ2) is 7.27. The van der Waals surface area contributed by atoms with Gasteiger partial charge in [-0.3, -0.25) is 4.79 Å². The summed E-state index contributed by atoms with van der Waals surface area (Å²) in [5.74, 6) is -0.816. The second-order valence-corrected chi connectivity index (χ2v) is 7.45. The van der Waals surface area contributed by atoms with Gasteiger partial charge in [-0.1, -0.05) is 0 Å². The van der Waals surface area contributed by atoms with E-state index in [2.05, 4.69) is 4.72 Å². The Balaban J connectivity index is 2.16. The van der Waals surface area contributed by atoms with Crippen LogP contribution < -0.4 is 9.46 Å². The van der Waals surface area contributed by atoms with E-state index in [-0.39, 0.29) is 29.8 Å². The highest BCUT2D eigenvalue weighted by Gasteiger charge is 2.28. The molecule has 1 heterocycles. The van der Waals surface area contributed by atoms with E-state index in [1.54, 1.807) is 4.90 Å². The van der Waals surface area contributed by atoms with E-state index >= 15 is 0 Å². The molecular formula is C15H21FN2O4S. The molecule has 0 radical (unpaired) electrons. The van der Waals surface area contributed by atoms with Crippen LogP contribution >= 0.6 is 0 Å². The number of carbonyl (C=O) groups is 1. The molecule has 6 nitrogen and oxygen atoms in total. The lowest BCUT2D eigenvalue weighted by Gasteiger charge is -2.35. The molecule has 1 aromatic rings. The number of hydrogen-bond acceptors (Lipinski definition) is 4. The standard InChI is InChI=1S/C15H21FN2O4S/c1-22-14-7-6-11(9-13(14)16)15(19)18-8-4-3-5-12(18)10-17-23(2,20)21/h6-7,9,12,17H,3-5,8,10H2,1-2H3/t12-/m1/s1. The normalized spacial score (nSPS) is 18.7. The van der Waals surface area contributed by atoms with Gasteiger partial charge in [0.25, 0.3) is 5.91 Å². The molecule has 8 heteroatoms. The first-order chi connectivity index (χ1) is 10.8. The van der Waals surface area contributed by atoms with Crippen molar-refractivity contribution in [2.45, 2.75) is 25.3 Å². The first-order valence-corrected chi connectivity index (χ1v) is 9.30. The summed E-state index contributed by atoms with van der Waals surface area (Å²) in [4.78, 5) is 14.2. The summed E-state index contributed by atoms with van der Waals surface area (Å²) < 4.78 is 43.6. The van der Waals surface area contributed by atoms with Crippen LogP contribution in [0.25, 0.3) is 0 Å². The lowest BCUT2D eigenvalue weighted by atomic mass is 10.0. The van der Waals surface area contributed by atoms with Gasteiger partial charge >= 0.3 is 0 Å². The monoisotopic (exact) mass is 344 g/mol. The second-order valence-electron chi connectivity index (χ2n) is 5.62. The summed E-state index contributed by atoms with van der Waals surface area (Å²) >= 11 is 0. The van der Waals surface area contributed by atoms with Crippen LogP contribution in [0.4, 0.5) is 4.39 Å². The smallest absolute Gasteiger partial charge is 0.254 e. The van der Waals surface area contributed by atoms with E-state index in [4.69, 9.17) is 4.74 Å². The van der Waals surface area contributed by atoms with Gasteiger partial charge in [-0.05, 0) is 37.5 Å². The van der Waals surface area contributed by atoms with Crippen molar-refractivity contribution in [1.82, 2.24) is 9.62 Å². The molecule has 2 rings (SSSR count). The van der Waals surface area contributed by atoms with Gasteiger partial charge in [-0.2, -0.15) is 0 Å². The average molecular weight is 344 g/mol.